The molecule has 34 heavy (non-hydrogen) atoms. The molecule has 4 nitrogen and oxygen atoms in total. The molecule has 2 saturated heterocycles. The van der Waals surface area contributed by atoms with Crippen LogP contribution in [0.25, 0.3) is 11.1 Å². The number of hydrogen-bond donors (Lipinski definition) is 0. The van der Waals surface area contributed by atoms with E-state index in [1.54, 1.807) is 0 Å². The van der Waals surface area contributed by atoms with Gasteiger partial charge in [0.1, 0.15) is 12.4 Å². The molecule has 2 bridgehead atoms. The summed E-state index contributed by atoms with van der Waals surface area (Å²) in [5.41, 5.74) is 5.61. The molecule has 0 N–H and O–H groups in total. The molecule has 2 aliphatic heterocycles. The van der Waals surface area contributed by atoms with Crippen LogP contribution >= 0.6 is 0 Å². The molecule has 3 aromatic rings. The van der Waals surface area contributed by atoms with Crippen LogP contribution in [0, 0.1) is 5.92 Å². The lowest BCUT2D eigenvalue weighted by Gasteiger charge is -2.48. The first-order valence-electron chi connectivity index (χ1n) is 12.4. The third kappa shape index (κ3) is 3.62. The Morgan fingerprint density at radius 2 is 1.32 bits per heavy atom. The summed E-state index contributed by atoms with van der Waals surface area (Å²) in [5, 5.41) is 0. The summed E-state index contributed by atoms with van der Waals surface area (Å²) in [5.74, 6) is 0.0824. The highest BCUT2D eigenvalue weighted by atomic mass is 16.6. The first-order valence-corrected chi connectivity index (χ1v) is 12.4. The maximum atomic E-state index is 14.0. The predicted octanol–water partition coefficient (Wildman–Crippen LogP) is 6.34. The zero-order chi connectivity index (χ0) is 23.1. The van der Waals surface area contributed by atoms with E-state index in [9.17, 15) is 9.59 Å². The van der Waals surface area contributed by atoms with Crippen LogP contribution in [0.1, 0.15) is 54.7 Å². The average molecular weight is 452 g/mol. The van der Waals surface area contributed by atoms with Gasteiger partial charge in [-0.2, -0.15) is 0 Å². The molecule has 2 atom stereocenters. The van der Waals surface area contributed by atoms with Crippen molar-refractivity contribution in [3.63, 3.8) is 0 Å². The number of ether oxygens (including phenoxy) is 1. The topological polar surface area (TPSA) is 46.6 Å². The van der Waals surface area contributed by atoms with E-state index < -0.39 is 0 Å². The lowest BCUT2D eigenvalue weighted by atomic mass is 9.73. The van der Waals surface area contributed by atoms with Crippen LogP contribution in [0.15, 0.2) is 78.9 Å². The molecule has 3 aromatic carbocycles. The number of amides is 1. The zero-order valence-corrected chi connectivity index (χ0v) is 19.2. The third-order valence-electron chi connectivity index (χ3n) is 7.91. The summed E-state index contributed by atoms with van der Waals surface area (Å²) in [4.78, 5) is 29.0. The number of carbonyl (C=O) groups is 2. The second kappa shape index (κ2) is 8.75. The van der Waals surface area contributed by atoms with E-state index in [1.807, 2.05) is 59.5 Å². The van der Waals surface area contributed by atoms with Crippen LogP contribution in [-0.2, 0) is 16.1 Å². The van der Waals surface area contributed by atoms with Crippen molar-refractivity contribution in [1.29, 1.82) is 0 Å². The molecule has 2 heterocycles. The first kappa shape index (κ1) is 21.2. The quantitative estimate of drug-likeness (QED) is 0.465. The van der Waals surface area contributed by atoms with E-state index in [0.717, 1.165) is 48.8 Å². The molecule has 0 aromatic heterocycles. The van der Waals surface area contributed by atoms with Crippen molar-refractivity contribution in [1.82, 2.24) is 4.90 Å². The van der Waals surface area contributed by atoms with Crippen LogP contribution in [0.5, 0.6) is 0 Å². The second-order valence-corrected chi connectivity index (χ2v) is 9.86. The number of rotatable bonds is 4. The Labute approximate surface area is 200 Å². The molecule has 2 fully saturated rings. The number of ketones is 1. The van der Waals surface area contributed by atoms with E-state index in [1.165, 1.54) is 11.1 Å². The molecule has 6 rings (SSSR count). The average Bonchev–Trinajstić information content (AvgIpc) is 3.21. The standard InChI is InChI=1S/C30H29NO3/c32-29(28-26-15-6-4-13-24(26)25-14-5-7-16-27(25)28)21-17-22-11-8-12-23(18-21)31(22)30(33)34-19-20-9-2-1-3-10-20/h1-7,9-10,13-16,21-23,28H,8,11-12,17-19H2. The summed E-state index contributed by atoms with van der Waals surface area (Å²) >= 11 is 0. The number of nitrogens with zero attached hydrogens (tertiary/aromatic N) is 1. The minimum atomic E-state index is -0.235. The van der Waals surface area contributed by atoms with Gasteiger partial charge < -0.3 is 9.64 Å². The van der Waals surface area contributed by atoms with E-state index in [-0.39, 0.29) is 36.6 Å². The highest BCUT2D eigenvalue weighted by Gasteiger charge is 2.46. The first-order chi connectivity index (χ1) is 16.7. The van der Waals surface area contributed by atoms with Gasteiger partial charge in [0.2, 0.25) is 0 Å². The number of piperidine rings is 2. The summed E-state index contributed by atoms with van der Waals surface area (Å²) in [6.07, 6.45) is 4.22. The number of benzene rings is 3. The largest absolute Gasteiger partial charge is 0.445 e. The smallest absolute Gasteiger partial charge is 0.410 e. The highest BCUT2D eigenvalue weighted by Crippen LogP contribution is 2.48. The van der Waals surface area contributed by atoms with Crippen LogP contribution < -0.4 is 0 Å². The van der Waals surface area contributed by atoms with Gasteiger partial charge in [0.15, 0.2) is 0 Å². The molecule has 0 radical (unpaired) electrons. The van der Waals surface area contributed by atoms with Gasteiger partial charge in [0.05, 0.1) is 5.92 Å². The molecule has 172 valence electrons. The minimum Gasteiger partial charge on any atom is -0.445 e. The minimum absolute atomic E-state index is 0.0299. The summed E-state index contributed by atoms with van der Waals surface area (Å²) < 4.78 is 5.69. The van der Waals surface area contributed by atoms with Gasteiger partial charge in [0.25, 0.3) is 0 Å². The van der Waals surface area contributed by atoms with Crippen molar-refractivity contribution in [3.05, 3.63) is 95.6 Å². The van der Waals surface area contributed by atoms with Gasteiger partial charge in [-0.1, -0.05) is 78.9 Å². The molecular weight excluding hydrogens is 422 g/mol. The molecule has 0 spiro atoms. The van der Waals surface area contributed by atoms with Gasteiger partial charge in [0, 0.05) is 18.0 Å². The van der Waals surface area contributed by atoms with Gasteiger partial charge in [-0.05, 0) is 59.9 Å². The molecule has 4 heteroatoms. The fourth-order valence-electron chi connectivity index (χ4n) is 6.40. The maximum absolute atomic E-state index is 14.0. The van der Waals surface area contributed by atoms with Crippen LogP contribution in [0.3, 0.4) is 0 Å². The van der Waals surface area contributed by atoms with Crippen molar-refractivity contribution in [2.75, 3.05) is 0 Å². The SMILES string of the molecule is O=C(C1CC2CCCC(C1)N2C(=O)OCc1ccccc1)C1c2ccccc2-c2ccccc21. The molecular formula is C30H29NO3. The Morgan fingerprint density at radius 3 is 1.94 bits per heavy atom. The normalized spacial score (nSPS) is 23.2. The Morgan fingerprint density at radius 1 is 0.765 bits per heavy atom. The predicted molar refractivity (Wildman–Crippen MR) is 131 cm³/mol. The molecule has 0 saturated carbocycles. The monoisotopic (exact) mass is 451 g/mol. The number of hydrogen-bond acceptors (Lipinski definition) is 3. The summed E-state index contributed by atoms with van der Waals surface area (Å²) in [6.45, 7) is 0.285. The Balaban J connectivity index is 1.21. The Bertz CT molecular complexity index is 1160. The van der Waals surface area contributed by atoms with Gasteiger partial charge in [-0.3, -0.25) is 4.79 Å². The summed E-state index contributed by atoms with van der Waals surface area (Å²) in [7, 11) is 0. The Hall–Kier alpha value is -3.40. The van der Waals surface area contributed by atoms with Crippen molar-refractivity contribution >= 4 is 11.9 Å². The van der Waals surface area contributed by atoms with E-state index in [4.69, 9.17) is 4.74 Å². The molecule has 1 amide bonds. The Kier molecular flexibility index (Phi) is 5.44. The van der Waals surface area contributed by atoms with Gasteiger partial charge >= 0.3 is 6.09 Å². The number of Topliss-reactive ketones (excluding diaryl/α,β-unsaturated/α-hetero) is 1. The maximum Gasteiger partial charge on any atom is 0.410 e. The van der Waals surface area contributed by atoms with Crippen molar-refractivity contribution in [2.24, 2.45) is 5.92 Å². The second-order valence-electron chi connectivity index (χ2n) is 9.86. The molecule has 1 aliphatic carbocycles. The van der Waals surface area contributed by atoms with Crippen LogP contribution in [0.4, 0.5) is 4.79 Å². The fraction of sp³-hybridized carbons (Fsp3) is 0.333. The lowest BCUT2D eigenvalue weighted by molar-refractivity contribution is -0.127. The third-order valence-corrected chi connectivity index (χ3v) is 7.91. The van der Waals surface area contributed by atoms with Crippen molar-refractivity contribution in [2.45, 2.75) is 56.7 Å². The van der Waals surface area contributed by atoms with Crippen molar-refractivity contribution < 1.29 is 14.3 Å². The van der Waals surface area contributed by atoms with Crippen molar-refractivity contribution in [3.8, 4) is 11.1 Å². The van der Waals surface area contributed by atoms with Gasteiger partial charge in [-0.15, -0.1) is 0 Å². The fourth-order valence-corrected chi connectivity index (χ4v) is 6.40. The number of fused-ring (bicyclic) bond motifs is 5. The molecule has 2 unspecified atom stereocenters. The zero-order valence-electron chi connectivity index (χ0n) is 19.2. The van der Waals surface area contributed by atoms with Crippen LogP contribution in [-0.4, -0.2) is 28.9 Å². The van der Waals surface area contributed by atoms with Gasteiger partial charge in [-0.25, -0.2) is 4.79 Å². The van der Waals surface area contributed by atoms with E-state index in [2.05, 4.69) is 24.3 Å². The van der Waals surface area contributed by atoms with E-state index >= 15 is 0 Å². The highest BCUT2D eigenvalue weighted by molar-refractivity contribution is 5.98. The lowest BCUT2D eigenvalue weighted by Crippen LogP contribution is -2.56. The van der Waals surface area contributed by atoms with E-state index in [0.29, 0.717) is 5.78 Å². The van der Waals surface area contributed by atoms with Crippen LogP contribution in [0.2, 0.25) is 0 Å². The molecule has 3 aliphatic rings. The number of carbonyl (C=O) groups excluding carboxylic acids is 2. The summed E-state index contributed by atoms with van der Waals surface area (Å²) in [6, 6.07) is 26.6.